The molecule has 0 unspecified atom stereocenters. The molecule has 30 heavy (non-hydrogen) atoms. The number of amides is 1. The molecule has 152 valence electrons. The van der Waals surface area contributed by atoms with Crippen molar-refractivity contribution < 1.29 is 14.6 Å². The molecule has 0 radical (unpaired) electrons. The smallest absolute Gasteiger partial charge is 0.407 e. The van der Waals surface area contributed by atoms with Crippen molar-refractivity contribution in [2.24, 2.45) is 0 Å². The fourth-order valence-corrected chi connectivity index (χ4v) is 4.18. The van der Waals surface area contributed by atoms with Gasteiger partial charge < -0.3 is 15.2 Å². The minimum atomic E-state index is -0.437. The molecule has 3 aromatic carbocycles. The number of halogens is 1. The first kappa shape index (κ1) is 20.4. The summed E-state index contributed by atoms with van der Waals surface area (Å²) in [6.07, 6.45) is 3.31. The molecule has 0 heterocycles. The van der Waals surface area contributed by atoms with Crippen molar-refractivity contribution in [3.8, 4) is 11.1 Å². The van der Waals surface area contributed by atoms with E-state index in [2.05, 4.69) is 45.5 Å². The van der Waals surface area contributed by atoms with Gasteiger partial charge in [0.25, 0.3) is 0 Å². The van der Waals surface area contributed by atoms with Crippen molar-refractivity contribution in [1.29, 1.82) is 0 Å². The summed E-state index contributed by atoms with van der Waals surface area (Å²) in [5, 5.41) is 12.1. The molecule has 4 nitrogen and oxygen atoms in total. The summed E-state index contributed by atoms with van der Waals surface area (Å²) in [5.41, 5.74) is 6.59. The second-order valence-corrected chi connectivity index (χ2v) is 7.97. The zero-order chi connectivity index (χ0) is 20.9. The summed E-state index contributed by atoms with van der Waals surface area (Å²) in [5.74, 6) is 0.0540. The number of fused-ring (bicyclic) bond motifs is 3. The van der Waals surface area contributed by atoms with Crippen LogP contribution in [0.25, 0.3) is 17.2 Å². The van der Waals surface area contributed by atoms with Crippen molar-refractivity contribution in [2.75, 3.05) is 13.2 Å². The second kappa shape index (κ2) is 9.28. The van der Waals surface area contributed by atoms with Crippen LogP contribution in [0, 0.1) is 0 Å². The number of hydrogen-bond acceptors (Lipinski definition) is 3. The van der Waals surface area contributed by atoms with Gasteiger partial charge in [0.1, 0.15) is 6.61 Å². The highest BCUT2D eigenvalue weighted by Crippen LogP contribution is 2.44. The van der Waals surface area contributed by atoms with Crippen LogP contribution in [0.1, 0.15) is 28.2 Å². The quantitative estimate of drug-likeness (QED) is 0.507. The maximum atomic E-state index is 12.2. The first-order valence-corrected chi connectivity index (χ1v) is 10.6. The van der Waals surface area contributed by atoms with E-state index in [-0.39, 0.29) is 12.5 Å². The zero-order valence-corrected chi connectivity index (χ0v) is 17.9. The van der Waals surface area contributed by atoms with Gasteiger partial charge in [0.2, 0.25) is 0 Å². The molecule has 0 aliphatic heterocycles. The minimum absolute atomic E-state index is 0.0275. The normalized spacial score (nSPS) is 12.6. The highest BCUT2D eigenvalue weighted by molar-refractivity contribution is 9.10. The molecular weight excluding hydrogens is 442 g/mol. The molecule has 0 spiro atoms. The Morgan fingerprint density at radius 3 is 2.37 bits per heavy atom. The summed E-state index contributed by atoms with van der Waals surface area (Å²) in [6, 6.07) is 22.3. The molecule has 1 aliphatic carbocycles. The fourth-order valence-electron chi connectivity index (χ4n) is 3.81. The standard InChI is InChI=1S/C25H22BrNO3/c26-24-12-11-17(14-18(24)15-28)6-5-13-27-25(29)30-16-23-21-9-3-1-7-19(21)20-8-2-4-10-22(20)23/h1-12,14,23,28H,13,15-16H2,(H,27,29). The highest BCUT2D eigenvalue weighted by atomic mass is 79.9. The number of nitrogens with one attached hydrogen (secondary N) is 1. The Kier molecular flexibility index (Phi) is 6.31. The minimum Gasteiger partial charge on any atom is -0.449 e. The monoisotopic (exact) mass is 463 g/mol. The van der Waals surface area contributed by atoms with Crippen LogP contribution >= 0.6 is 15.9 Å². The van der Waals surface area contributed by atoms with Crippen LogP contribution in [0.2, 0.25) is 0 Å². The Bertz CT molecular complexity index is 1050. The van der Waals surface area contributed by atoms with Crippen LogP contribution in [0.4, 0.5) is 4.79 Å². The van der Waals surface area contributed by atoms with Crippen LogP contribution < -0.4 is 5.32 Å². The highest BCUT2D eigenvalue weighted by Gasteiger charge is 2.28. The van der Waals surface area contributed by atoms with E-state index in [1.54, 1.807) is 0 Å². The van der Waals surface area contributed by atoms with E-state index in [0.29, 0.717) is 13.2 Å². The van der Waals surface area contributed by atoms with Crippen molar-refractivity contribution >= 4 is 28.1 Å². The van der Waals surface area contributed by atoms with E-state index in [4.69, 9.17) is 4.74 Å². The van der Waals surface area contributed by atoms with E-state index in [1.165, 1.54) is 22.3 Å². The van der Waals surface area contributed by atoms with Gasteiger partial charge in [-0.15, -0.1) is 0 Å². The largest absolute Gasteiger partial charge is 0.449 e. The summed E-state index contributed by atoms with van der Waals surface area (Å²) in [7, 11) is 0. The van der Waals surface area contributed by atoms with E-state index < -0.39 is 6.09 Å². The van der Waals surface area contributed by atoms with Crippen molar-refractivity contribution in [3.63, 3.8) is 0 Å². The predicted molar refractivity (Wildman–Crippen MR) is 122 cm³/mol. The average molecular weight is 464 g/mol. The third-order valence-electron chi connectivity index (χ3n) is 5.26. The third-order valence-corrected chi connectivity index (χ3v) is 6.03. The van der Waals surface area contributed by atoms with Crippen molar-refractivity contribution in [2.45, 2.75) is 12.5 Å². The van der Waals surface area contributed by atoms with Gasteiger partial charge in [-0.3, -0.25) is 0 Å². The Morgan fingerprint density at radius 1 is 1.03 bits per heavy atom. The van der Waals surface area contributed by atoms with Gasteiger partial charge in [-0.05, 0) is 45.5 Å². The van der Waals surface area contributed by atoms with Crippen LogP contribution in [0.15, 0.2) is 77.3 Å². The molecule has 0 saturated carbocycles. The van der Waals surface area contributed by atoms with Gasteiger partial charge in [-0.2, -0.15) is 0 Å². The lowest BCUT2D eigenvalue weighted by atomic mass is 9.98. The Hall–Kier alpha value is -2.89. The van der Waals surface area contributed by atoms with Crippen LogP contribution in [0.3, 0.4) is 0 Å². The van der Waals surface area contributed by atoms with Crippen LogP contribution in [-0.4, -0.2) is 24.4 Å². The van der Waals surface area contributed by atoms with Gasteiger partial charge in [0.05, 0.1) is 6.61 Å². The molecule has 3 aromatic rings. The first-order valence-electron chi connectivity index (χ1n) is 9.82. The zero-order valence-electron chi connectivity index (χ0n) is 16.3. The van der Waals surface area contributed by atoms with Crippen LogP contribution in [0.5, 0.6) is 0 Å². The third kappa shape index (κ3) is 4.32. The Morgan fingerprint density at radius 2 is 1.70 bits per heavy atom. The summed E-state index contributed by atoms with van der Waals surface area (Å²) in [4.78, 5) is 12.2. The maximum absolute atomic E-state index is 12.2. The number of aliphatic hydroxyl groups excluding tert-OH is 1. The molecule has 2 N–H and O–H groups in total. The SMILES string of the molecule is O=C(NCC=Cc1ccc(Br)c(CO)c1)OCC1c2ccccc2-c2ccccc21. The molecule has 0 bridgehead atoms. The number of carbonyl (C=O) groups excluding carboxylic acids is 1. The van der Waals surface area contributed by atoms with Crippen molar-refractivity contribution in [3.05, 3.63) is 99.5 Å². The topological polar surface area (TPSA) is 58.6 Å². The molecule has 0 atom stereocenters. The maximum Gasteiger partial charge on any atom is 0.407 e. The number of aliphatic hydroxyl groups is 1. The molecule has 0 saturated heterocycles. The molecule has 1 amide bonds. The summed E-state index contributed by atoms with van der Waals surface area (Å²) in [6.45, 7) is 0.637. The van der Waals surface area contributed by atoms with Gasteiger partial charge in [-0.25, -0.2) is 4.79 Å². The van der Waals surface area contributed by atoms with Gasteiger partial charge in [-0.1, -0.05) is 82.7 Å². The molecule has 1 aliphatic rings. The predicted octanol–water partition coefficient (Wildman–Crippen LogP) is 5.49. The lowest BCUT2D eigenvalue weighted by Crippen LogP contribution is -2.26. The Labute approximate surface area is 184 Å². The number of rotatable bonds is 6. The fraction of sp³-hybridized carbons (Fsp3) is 0.160. The van der Waals surface area contributed by atoms with E-state index in [1.807, 2.05) is 54.6 Å². The number of alkyl carbamates (subject to hydrolysis) is 1. The van der Waals surface area contributed by atoms with E-state index in [0.717, 1.165) is 15.6 Å². The average Bonchev–Trinajstić information content (AvgIpc) is 3.10. The van der Waals surface area contributed by atoms with Gasteiger partial charge >= 0.3 is 6.09 Å². The summed E-state index contributed by atoms with van der Waals surface area (Å²) < 4.78 is 6.39. The lowest BCUT2D eigenvalue weighted by molar-refractivity contribution is 0.144. The molecular formula is C25H22BrNO3. The number of carbonyl (C=O) groups is 1. The molecule has 5 heteroatoms. The number of benzene rings is 3. The van der Waals surface area contributed by atoms with E-state index >= 15 is 0 Å². The number of ether oxygens (including phenoxy) is 1. The van der Waals surface area contributed by atoms with Gasteiger partial charge in [0.15, 0.2) is 0 Å². The van der Waals surface area contributed by atoms with E-state index in [9.17, 15) is 9.90 Å². The summed E-state index contributed by atoms with van der Waals surface area (Å²) >= 11 is 3.40. The first-order chi connectivity index (χ1) is 14.7. The lowest BCUT2D eigenvalue weighted by Gasteiger charge is -2.14. The van der Waals surface area contributed by atoms with Crippen molar-refractivity contribution in [1.82, 2.24) is 5.32 Å². The van der Waals surface area contributed by atoms with Crippen LogP contribution in [-0.2, 0) is 11.3 Å². The second-order valence-electron chi connectivity index (χ2n) is 7.12. The number of hydrogen-bond donors (Lipinski definition) is 2. The van der Waals surface area contributed by atoms with Gasteiger partial charge in [0, 0.05) is 16.9 Å². The molecule has 4 rings (SSSR count). The molecule has 0 aromatic heterocycles. The molecule has 0 fully saturated rings. The Balaban J connectivity index is 1.32.